The van der Waals surface area contributed by atoms with Crippen LogP contribution in [-0.4, -0.2) is 14.5 Å². The highest BCUT2D eigenvalue weighted by molar-refractivity contribution is 7.71. The molecule has 1 saturated carbocycles. The Morgan fingerprint density at radius 1 is 1.19 bits per heavy atom. The standard InChI is InChI=1S/C17H25N3S/c1-11-6-7-13-14(18-11)20(15(21)19-13)12-8-16(2,3)10-17(4,5)9-12/h6-7,12H,8-10H2,1-5H3,(H,19,21). The third-order valence-corrected chi connectivity index (χ3v) is 4.90. The summed E-state index contributed by atoms with van der Waals surface area (Å²) < 4.78 is 3.07. The average molecular weight is 303 g/mol. The van der Waals surface area contributed by atoms with Crippen molar-refractivity contribution in [1.29, 1.82) is 0 Å². The number of aryl methyl sites for hydroxylation is 1. The van der Waals surface area contributed by atoms with Gasteiger partial charge in [0, 0.05) is 11.7 Å². The Kier molecular flexibility index (Phi) is 3.28. The highest BCUT2D eigenvalue weighted by Gasteiger charge is 2.39. The summed E-state index contributed by atoms with van der Waals surface area (Å²) in [5.74, 6) is 0. The van der Waals surface area contributed by atoms with Gasteiger partial charge in [0.25, 0.3) is 0 Å². The van der Waals surface area contributed by atoms with Crippen molar-refractivity contribution < 1.29 is 0 Å². The molecule has 114 valence electrons. The molecule has 0 aromatic carbocycles. The van der Waals surface area contributed by atoms with E-state index < -0.39 is 0 Å². The maximum Gasteiger partial charge on any atom is 0.179 e. The van der Waals surface area contributed by atoms with Crippen LogP contribution < -0.4 is 0 Å². The number of imidazole rings is 1. The van der Waals surface area contributed by atoms with Crippen LogP contribution in [0.2, 0.25) is 0 Å². The smallest absolute Gasteiger partial charge is 0.179 e. The normalized spacial score (nSPS) is 21.8. The van der Waals surface area contributed by atoms with E-state index in [2.05, 4.69) is 43.3 Å². The van der Waals surface area contributed by atoms with Gasteiger partial charge in [-0.15, -0.1) is 0 Å². The van der Waals surface area contributed by atoms with Crippen molar-refractivity contribution in [2.75, 3.05) is 0 Å². The summed E-state index contributed by atoms with van der Waals surface area (Å²) in [6.45, 7) is 11.5. The number of aromatic nitrogens is 3. The zero-order chi connectivity index (χ0) is 15.4. The lowest BCUT2D eigenvalue weighted by Gasteiger charge is -2.45. The molecule has 3 nitrogen and oxygen atoms in total. The lowest BCUT2D eigenvalue weighted by atomic mass is 9.63. The molecule has 2 aromatic heterocycles. The molecule has 0 spiro atoms. The van der Waals surface area contributed by atoms with Crippen molar-refractivity contribution in [1.82, 2.24) is 14.5 Å². The van der Waals surface area contributed by atoms with Crippen LogP contribution in [0, 0.1) is 22.5 Å². The summed E-state index contributed by atoms with van der Waals surface area (Å²) in [6, 6.07) is 4.55. The first-order valence-electron chi connectivity index (χ1n) is 7.75. The van der Waals surface area contributed by atoms with E-state index in [9.17, 15) is 0 Å². The van der Waals surface area contributed by atoms with E-state index >= 15 is 0 Å². The van der Waals surface area contributed by atoms with Gasteiger partial charge >= 0.3 is 0 Å². The third kappa shape index (κ3) is 2.78. The summed E-state index contributed by atoms with van der Waals surface area (Å²) in [5.41, 5.74) is 3.79. The molecule has 1 fully saturated rings. The van der Waals surface area contributed by atoms with Crippen LogP contribution >= 0.6 is 12.2 Å². The van der Waals surface area contributed by atoms with Crippen LogP contribution in [0.3, 0.4) is 0 Å². The summed E-state index contributed by atoms with van der Waals surface area (Å²) in [5, 5.41) is 0. The zero-order valence-corrected chi connectivity index (χ0v) is 14.5. The minimum absolute atomic E-state index is 0.342. The number of aromatic amines is 1. The molecule has 3 rings (SSSR count). The number of H-pyrrole nitrogens is 1. The second kappa shape index (κ2) is 4.67. The fourth-order valence-electron chi connectivity index (χ4n) is 4.40. The van der Waals surface area contributed by atoms with Gasteiger partial charge in [-0.3, -0.25) is 4.57 Å². The predicted octanol–water partition coefficient (Wildman–Crippen LogP) is 5.18. The average Bonchev–Trinajstić information content (AvgIpc) is 2.60. The second-order valence-corrected chi connectivity index (χ2v) is 8.58. The van der Waals surface area contributed by atoms with Gasteiger partial charge in [-0.25, -0.2) is 4.98 Å². The number of hydrogen-bond donors (Lipinski definition) is 1. The molecule has 0 bridgehead atoms. The minimum atomic E-state index is 0.342. The van der Waals surface area contributed by atoms with Crippen molar-refractivity contribution >= 4 is 23.4 Å². The van der Waals surface area contributed by atoms with Gasteiger partial charge in [-0.05, 0) is 61.4 Å². The Hall–Kier alpha value is -1.16. The van der Waals surface area contributed by atoms with Crippen LogP contribution in [0.5, 0.6) is 0 Å². The van der Waals surface area contributed by atoms with Gasteiger partial charge in [0.2, 0.25) is 0 Å². The van der Waals surface area contributed by atoms with E-state index in [1.807, 2.05) is 13.0 Å². The Morgan fingerprint density at radius 3 is 2.43 bits per heavy atom. The van der Waals surface area contributed by atoms with E-state index in [1.54, 1.807) is 0 Å². The second-order valence-electron chi connectivity index (χ2n) is 8.19. The Bertz CT molecular complexity index is 720. The number of nitrogens with one attached hydrogen (secondary N) is 1. The van der Waals surface area contributed by atoms with E-state index in [-0.39, 0.29) is 0 Å². The lowest BCUT2D eigenvalue weighted by Crippen LogP contribution is -2.35. The highest BCUT2D eigenvalue weighted by atomic mass is 32.1. The molecule has 0 saturated heterocycles. The minimum Gasteiger partial charge on any atom is -0.329 e. The SMILES string of the molecule is Cc1ccc2[nH]c(=S)n(C3CC(C)(C)CC(C)(C)C3)c2n1. The van der Waals surface area contributed by atoms with Gasteiger partial charge in [-0.1, -0.05) is 27.7 Å². The molecule has 21 heavy (non-hydrogen) atoms. The summed E-state index contributed by atoms with van der Waals surface area (Å²) in [7, 11) is 0. The van der Waals surface area contributed by atoms with E-state index in [4.69, 9.17) is 17.2 Å². The molecule has 4 heteroatoms. The third-order valence-electron chi connectivity index (χ3n) is 4.60. The largest absolute Gasteiger partial charge is 0.329 e. The van der Waals surface area contributed by atoms with E-state index in [0.717, 1.165) is 34.5 Å². The molecule has 1 aliphatic carbocycles. The van der Waals surface area contributed by atoms with Gasteiger partial charge in [0.15, 0.2) is 10.4 Å². The molecule has 1 N–H and O–H groups in total. The summed E-state index contributed by atoms with van der Waals surface area (Å²) in [6.07, 6.45) is 3.58. The molecule has 1 aliphatic rings. The van der Waals surface area contributed by atoms with Crippen molar-refractivity contribution in [3.8, 4) is 0 Å². The Morgan fingerprint density at radius 2 is 1.81 bits per heavy atom. The van der Waals surface area contributed by atoms with Crippen LogP contribution in [0.1, 0.15) is 58.7 Å². The van der Waals surface area contributed by atoms with Crippen LogP contribution in [0.15, 0.2) is 12.1 Å². The van der Waals surface area contributed by atoms with E-state index in [0.29, 0.717) is 16.9 Å². The highest BCUT2D eigenvalue weighted by Crippen LogP contribution is 2.50. The Labute approximate surface area is 131 Å². The van der Waals surface area contributed by atoms with Crippen molar-refractivity contribution in [2.45, 2.75) is 59.9 Å². The van der Waals surface area contributed by atoms with Crippen molar-refractivity contribution in [2.24, 2.45) is 10.8 Å². The Balaban J connectivity index is 2.13. The molecule has 0 aliphatic heterocycles. The topological polar surface area (TPSA) is 33.6 Å². The van der Waals surface area contributed by atoms with Crippen LogP contribution in [-0.2, 0) is 0 Å². The van der Waals surface area contributed by atoms with Crippen molar-refractivity contribution in [3.05, 3.63) is 22.6 Å². The van der Waals surface area contributed by atoms with E-state index in [1.165, 1.54) is 6.42 Å². The molecule has 0 amide bonds. The molecular weight excluding hydrogens is 278 g/mol. The van der Waals surface area contributed by atoms with Crippen LogP contribution in [0.25, 0.3) is 11.2 Å². The number of nitrogens with zero attached hydrogens (tertiary/aromatic N) is 2. The molecule has 2 aromatic rings. The molecular formula is C17H25N3S. The number of pyridine rings is 1. The number of hydrogen-bond acceptors (Lipinski definition) is 2. The number of fused-ring (bicyclic) bond motifs is 1. The lowest BCUT2D eigenvalue weighted by molar-refractivity contribution is 0.0731. The zero-order valence-electron chi connectivity index (χ0n) is 13.7. The molecule has 0 atom stereocenters. The number of rotatable bonds is 1. The first-order valence-corrected chi connectivity index (χ1v) is 8.16. The summed E-state index contributed by atoms with van der Waals surface area (Å²) >= 11 is 5.59. The first kappa shape index (κ1) is 14.8. The fourth-order valence-corrected chi connectivity index (χ4v) is 4.75. The van der Waals surface area contributed by atoms with Gasteiger partial charge < -0.3 is 4.98 Å². The van der Waals surface area contributed by atoms with Crippen molar-refractivity contribution in [3.63, 3.8) is 0 Å². The van der Waals surface area contributed by atoms with Gasteiger partial charge in [0.1, 0.15) is 0 Å². The fraction of sp³-hybridized carbons (Fsp3) is 0.647. The predicted molar refractivity (Wildman–Crippen MR) is 90.1 cm³/mol. The van der Waals surface area contributed by atoms with Crippen LogP contribution in [0.4, 0.5) is 0 Å². The molecule has 0 radical (unpaired) electrons. The summed E-state index contributed by atoms with van der Waals surface area (Å²) in [4.78, 5) is 8.05. The van der Waals surface area contributed by atoms with Gasteiger partial charge in [-0.2, -0.15) is 0 Å². The maximum absolute atomic E-state index is 5.59. The quantitative estimate of drug-likeness (QED) is 0.736. The monoisotopic (exact) mass is 303 g/mol. The molecule has 2 heterocycles. The van der Waals surface area contributed by atoms with Gasteiger partial charge in [0.05, 0.1) is 5.52 Å². The maximum atomic E-state index is 5.59. The molecule has 0 unspecified atom stereocenters. The first-order chi connectivity index (χ1) is 9.67.